The number of ether oxygens (including phenoxy) is 1. The van der Waals surface area contributed by atoms with Gasteiger partial charge in [-0.3, -0.25) is 0 Å². The molecule has 1 unspecified atom stereocenters. The molecule has 148 valence electrons. The third-order valence-electron chi connectivity index (χ3n) is 5.00. The highest BCUT2D eigenvalue weighted by molar-refractivity contribution is 5.63. The minimum absolute atomic E-state index is 0.385. The third-order valence-corrected chi connectivity index (χ3v) is 5.00. The highest BCUT2D eigenvalue weighted by Crippen LogP contribution is 2.24. The maximum absolute atomic E-state index is 9.88. The Labute approximate surface area is 164 Å². The van der Waals surface area contributed by atoms with Crippen LogP contribution in [0.1, 0.15) is 83.3 Å². The number of hydrogen-bond donors (Lipinski definition) is 1. The SMILES string of the molecule is CCCCCCCCCCOc1ccc(-c2ccc(C(O)CC)cc2)cn1. The molecule has 0 spiro atoms. The normalized spacial score (nSPS) is 12.1. The molecule has 27 heavy (non-hydrogen) atoms. The van der Waals surface area contributed by atoms with Crippen LogP contribution in [0.5, 0.6) is 5.88 Å². The summed E-state index contributed by atoms with van der Waals surface area (Å²) in [5.41, 5.74) is 3.12. The summed E-state index contributed by atoms with van der Waals surface area (Å²) in [6, 6.07) is 12.0. The van der Waals surface area contributed by atoms with Crippen molar-refractivity contribution in [1.82, 2.24) is 4.98 Å². The quantitative estimate of drug-likeness (QED) is 0.399. The topological polar surface area (TPSA) is 42.4 Å². The summed E-state index contributed by atoms with van der Waals surface area (Å²) in [5, 5.41) is 9.88. The van der Waals surface area contributed by atoms with E-state index in [1.165, 1.54) is 44.9 Å². The number of unbranched alkanes of at least 4 members (excludes halogenated alkanes) is 7. The minimum Gasteiger partial charge on any atom is -0.478 e. The summed E-state index contributed by atoms with van der Waals surface area (Å²) < 4.78 is 5.76. The monoisotopic (exact) mass is 369 g/mol. The van der Waals surface area contributed by atoms with Gasteiger partial charge < -0.3 is 9.84 Å². The van der Waals surface area contributed by atoms with Crippen molar-refractivity contribution in [3.05, 3.63) is 48.2 Å². The molecule has 0 fully saturated rings. The van der Waals surface area contributed by atoms with E-state index in [-0.39, 0.29) is 6.10 Å². The van der Waals surface area contributed by atoms with Gasteiger partial charge in [0.1, 0.15) is 0 Å². The third kappa shape index (κ3) is 7.72. The van der Waals surface area contributed by atoms with Crippen LogP contribution in [0.25, 0.3) is 11.1 Å². The predicted molar refractivity (Wildman–Crippen MR) is 113 cm³/mol. The lowest BCUT2D eigenvalue weighted by atomic mass is 10.0. The Morgan fingerprint density at radius 1 is 0.815 bits per heavy atom. The largest absolute Gasteiger partial charge is 0.478 e. The van der Waals surface area contributed by atoms with Gasteiger partial charge in [-0.1, -0.05) is 83.1 Å². The zero-order chi connectivity index (χ0) is 19.3. The van der Waals surface area contributed by atoms with Gasteiger partial charge in [-0.2, -0.15) is 0 Å². The number of hydrogen-bond acceptors (Lipinski definition) is 3. The predicted octanol–water partition coefficient (Wildman–Crippen LogP) is 6.71. The van der Waals surface area contributed by atoms with Crippen molar-refractivity contribution in [2.45, 2.75) is 77.7 Å². The van der Waals surface area contributed by atoms with Crippen LogP contribution in [-0.4, -0.2) is 16.7 Å². The molecule has 1 aromatic carbocycles. The number of aliphatic hydroxyl groups excluding tert-OH is 1. The van der Waals surface area contributed by atoms with Gasteiger partial charge in [0.2, 0.25) is 5.88 Å². The highest BCUT2D eigenvalue weighted by Gasteiger charge is 2.05. The van der Waals surface area contributed by atoms with Gasteiger partial charge in [0, 0.05) is 17.8 Å². The number of pyridine rings is 1. The number of aromatic nitrogens is 1. The molecule has 1 atom stereocenters. The van der Waals surface area contributed by atoms with Gasteiger partial charge >= 0.3 is 0 Å². The van der Waals surface area contributed by atoms with Crippen LogP contribution in [0.15, 0.2) is 42.6 Å². The maximum atomic E-state index is 9.88. The van der Waals surface area contributed by atoms with E-state index in [0.29, 0.717) is 5.88 Å². The molecule has 0 aliphatic rings. The Morgan fingerprint density at radius 3 is 2.04 bits per heavy atom. The van der Waals surface area contributed by atoms with E-state index in [2.05, 4.69) is 11.9 Å². The van der Waals surface area contributed by atoms with Crippen LogP contribution in [-0.2, 0) is 0 Å². The van der Waals surface area contributed by atoms with Crippen molar-refractivity contribution in [3.8, 4) is 17.0 Å². The van der Waals surface area contributed by atoms with Crippen molar-refractivity contribution >= 4 is 0 Å². The van der Waals surface area contributed by atoms with E-state index < -0.39 is 0 Å². The van der Waals surface area contributed by atoms with E-state index in [1.54, 1.807) is 0 Å². The first kappa shape index (κ1) is 21.4. The summed E-state index contributed by atoms with van der Waals surface area (Å²) in [4.78, 5) is 4.42. The molecule has 0 radical (unpaired) electrons. The molecule has 0 aliphatic heterocycles. The standard InChI is InChI=1S/C24H35NO2/c1-3-5-6-7-8-9-10-11-18-27-24-17-16-22(19-25-24)20-12-14-21(15-13-20)23(26)4-2/h12-17,19,23,26H,3-11,18H2,1-2H3. The van der Waals surface area contributed by atoms with Crippen LogP contribution in [0, 0.1) is 0 Å². The molecular weight excluding hydrogens is 334 g/mol. The van der Waals surface area contributed by atoms with Gasteiger partial charge in [-0.25, -0.2) is 4.98 Å². The fourth-order valence-corrected chi connectivity index (χ4v) is 3.18. The van der Waals surface area contributed by atoms with Crippen LogP contribution >= 0.6 is 0 Å². The number of aliphatic hydroxyl groups is 1. The minimum atomic E-state index is -0.385. The number of nitrogens with zero attached hydrogens (tertiary/aromatic N) is 1. The Kier molecular flexibility index (Phi) is 9.93. The van der Waals surface area contributed by atoms with Crippen molar-refractivity contribution in [1.29, 1.82) is 0 Å². The lowest BCUT2D eigenvalue weighted by molar-refractivity contribution is 0.173. The van der Waals surface area contributed by atoms with E-state index in [0.717, 1.165) is 36.1 Å². The molecule has 3 nitrogen and oxygen atoms in total. The van der Waals surface area contributed by atoms with Crippen molar-refractivity contribution in [2.24, 2.45) is 0 Å². The van der Waals surface area contributed by atoms with Gasteiger partial charge in [0.15, 0.2) is 0 Å². The average molecular weight is 370 g/mol. The van der Waals surface area contributed by atoms with E-state index >= 15 is 0 Å². The molecule has 1 aromatic heterocycles. The fourth-order valence-electron chi connectivity index (χ4n) is 3.18. The lowest BCUT2D eigenvalue weighted by Gasteiger charge is -2.09. The number of rotatable bonds is 13. The van der Waals surface area contributed by atoms with Crippen molar-refractivity contribution < 1.29 is 9.84 Å². The zero-order valence-electron chi connectivity index (χ0n) is 17.0. The second-order valence-electron chi connectivity index (χ2n) is 7.25. The van der Waals surface area contributed by atoms with E-state index in [4.69, 9.17) is 4.74 Å². The van der Waals surface area contributed by atoms with E-state index in [1.807, 2.05) is 49.5 Å². The first-order valence-electron chi connectivity index (χ1n) is 10.6. The molecule has 0 saturated carbocycles. The average Bonchev–Trinajstić information content (AvgIpc) is 2.72. The smallest absolute Gasteiger partial charge is 0.213 e. The molecule has 2 rings (SSSR count). The first-order valence-corrected chi connectivity index (χ1v) is 10.6. The molecule has 2 aromatic rings. The fraction of sp³-hybridized carbons (Fsp3) is 0.542. The number of benzene rings is 1. The van der Waals surface area contributed by atoms with E-state index in [9.17, 15) is 5.11 Å². The van der Waals surface area contributed by atoms with Crippen LogP contribution in [0.3, 0.4) is 0 Å². The van der Waals surface area contributed by atoms with Gasteiger partial charge in [-0.15, -0.1) is 0 Å². The Morgan fingerprint density at radius 2 is 1.44 bits per heavy atom. The molecule has 3 heteroatoms. The second kappa shape index (κ2) is 12.5. The van der Waals surface area contributed by atoms with Crippen molar-refractivity contribution in [3.63, 3.8) is 0 Å². The van der Waals surface area contributed by atoms with Crippen LogP contribution < -0.4 is 4.74 Å². The molecule has 0 saturated heterocycles. The van der Waals surface area contributed by atoms with Gasteiger partial charge in [0.25, 0.3) is 0 Å². The van der Waals surface area contributed by atoms with Gasteiger partial charge in [-0.05, 0) is 30.0 Å². The van der Waals surface area contributed by atoms with Gasteiger partial charge in [0.05, 0.1) is 12.7 Å². The summed E-state index contributed by atoms with van der Waals surface area (Å²) in [5.74, 6) is 0.694. The molecule has 0 aliphatic carbocycles. The maximum Gasteiger partial charge on any atom is 0.213 e. The molecule has 0 amide bonds. The molecule has 0 bridgehead atoms. The lowest BCUT2D eigenvalue weighted by Crippen LogP contribution is -1.99. The zero-order valence-corrected chi connectivity index (χ0v) is 17.0. The molecule has 1 N–H and O–H groups in total. The Hall–Kier alpha value is -1.87. The van der Waals surface area contributed by atoms with Crippen molar-refractivity contribution in [2.75, 3.05) is 6.61 Å². The summed E-state index contributed by atoms with van der Waals surface area (Å²) in [6.45, 7) is 4.98. The first-order chi connectivity index (χ1) is 13.2. The summed E-state index contributed by atoms with van der Waals surface area (Å²) in [6.07, 6.45) is 12.6. The summed E-state index contributed by atoms with van der Waals surface area (Å²) >= 11 is 0. The molecule has 1 heterocycles. The Bertz CT molecular complexity index is 622. The van der Waals surface area contributed by atoms with Crippen LogP contribution in [0.4, 0.5) is 0 Å². The molecular formula is C24H35NO2. The summed E-state index contributed by atoms with van der Waals surface area (Å²) in [7, 11) is 0. The Balaban J connectivity index is 1.69. The highest BCUT2D eigenvalue weighted by atomic mass is 16.5. The second-order valence-corrected chi connectivity index (χ2v) is 7.25. The van der Waals surface area contributed by atoms with Crippen LogP contribution in [0.2, 0.25) is 0 Å².